The number of imide groups is 1. The third-order valence-electron chi connectivity index (χ3n) is 2.69. The van der Waals surface area contributed by atoms with E-state index in [-0.39, 0.29) is 16.4 Å². The number of nitrogens with zero attached hydrogens (tertiary/aromatic N) is 1. The van der Waals surface area contributed by atoms with Crippen molar-refractivity contribution in [3.05, 3.63) is 34.9 Å². The lowest BCUT2D eigenvalue weighted by molar-refractivity contribution is -0.126. The van der Waals surface area contributed by atoms with Crippen LogP contribution in [0.5, 0.6) is 0 Å². The minimum Gasteiger partial charge on any atom is -0.329 e. The highest BCUT2D eigenvalue weighted by molar-refractivity contribution is 8.15. The van der Waals surface area contributed by atoms with Gasteiger partial charge in [-0.1, -0.05) is 35.5 Å². The zero-order valence-electron chi connectivity index (χ0n) is 9.64. The van der Waals surface area contributed by atoms with Crippen molar-refractivity contribution >= 4 is 34.5 Å². The van der Waals surface area contributed by atoms with Crippen LogP contribution in [-0.2, 0) is 11.2 Å². The molecule has 0 spiro atoms. The summed E-state index contributed by atoms with van der Waals surface area (Å²) in [5.41, 5.74) is 6.37. The van der Waals surface area contributed by atoms with Crippen LogP contribution in [0.3, 0.4) is 0 Å². The molecule has 1 aromatic rings. The fourth-order valence-electron chi connectivity index (χ4n) is 1.79. The molecule has 1 aliphatic rings. The highest BCUT2D eigenvalue weighted by Crippen LogP contribution is 2.29. The van der Waals surface area contributed by atoms with Gasteiger partial charge in [-0.25, -0.2) is 0 Å². The minimum atomic E-state index is -0.342. The van der Waals surface area contributed by atoms with Gasteiger partial charge in [-0.05, 0) is 24.1 Å². The molecule has 18 heavy (non-hydrogen) atoms. The second-order valence-corrected chi connectivity index (χ2v) is 5.57. The first-order chi connectivity index (χ1) is 8.61. The van der Waals surface area contributed by atoms with Crippen LogP contribution in [0.1, 0.15) is 5.56 Å². The smallest absolute Gasteiger partial charge is 0.289 e. The third kappa shape index (κ3) is 2.85. The molecule has 6 heteroatoms. The van der Waals surface area contributed by atoms with Crippen molar-refractivity contribution < 1.29 is 9.59 Å². The van der Waals surface area contributed by atoms with Crippen LogP contribution in [0.25, 0.3) is 0 Å². The summed E-state index contributed by atoms with van der Waals surface area (Å²) in [6, 6.07) is 7.29. The lowest BCUT2D eigenvalue weighted by Crippen LogP contribution is -2.36. The van der Waals surface area contributed by atoms with Gasteiger partial charge in [-0.3, -0.25) is 14.5 Å². The number of benzene rings is 1. The number of thioether (sulfide) groups is 1. The molecule has 1 heterocycles. The number of nitrogens with two attached hydrogens (primary N) is 1. The zero-order chi connectivity index (χ0) is 13.1. The molecule has 0 aliphatic carbocycles. The van der Waals surface area contributed by atoms with E-state index >= 15 is 0 Å². The summed E-state index contributed by atoms with van der Waals surface area (Å²) in [5, 5.41) is 0.111. The van der Waals surface area contributed by atoms with Crippen molar-refractivity contribution in [1.82, 2.24) is 4.90 Å². The van der Waals surface area contributed by atoms with E-state index in [1.165, 1.54) is 4.90 Å². The van der Waals surface area contributed by atoms with Gasteiger partial charge in [0.05, 0.1) is 5.25 Å². The Labute approximate surface area is 114 Å². The largest absolute Gasteiger partial charge is 0.329 e. The summed E-state index contributed by atoms with van der Waals surface area (Å²) in [7, 11) is 0. The second kappa shape index (κ2) is 5.73. The van der Waals surface area contributed by atoms with Crippen LogP contribution in [0.4, 0.5) is 4.79 Å². The lowest BCUT2D eigenvalue weighted by Gasteiger charge is -2.12. The summed E-state index contributed by atoms with van der Waals surface area (Å²) in [5.74, 6) is -0.148. The number of hydrogen-bond acceptors (Lipinski definition) is 4. The molecule has 1 saturated heterocycles. The van der Waals surface area contributed by atoms with Gasteiger partial charge in [-0.2, -0.15) is 0 Å². The van der Waals surface area contributed by atoms with Gasteiger partial charge in [0.25, 0.3) is 5.24 Å². The average molecular weight is 285 g/mol. The maximum absolute atomic E-state index is 12.0. The van der Waals surface area contributed by atoms with Crippen molar-refractivity contribution in [2.75, 3.05) is 13.1 Å². The van der Waals surface area contributed by atoms with Gasteiger partial charge in [0.15, 0.2) is 0 Å². The Hall–Kier alpha value is -1.04. The first kappa shape index (κ1) is 13.4. The van der Waals surface area contributed by atoms with Gasteiger partial charge in [0, 0.05) is 18.1 Å². The fraction of sp³-hybridized carbons (Fsp3) is 0.333. The summed E-state index contributed by atoms with van der Waals surface area (Å²) in [6.45, 7) is 0.591. The van der Waals surface area contributed by atoms with Crippen molar-refractivity contribution in [3.8, 4) is 0 Å². The lowest BCUT2D eigenvalue weighted by atomic mass is 10.1. The number of carbonyl (C=O) groups excluding carboxylic acids is 2. The molecular weight excluding hydrogens is 272 g/mol. The van der Waals surface area contributed by atoms with Crippen LogP contribution in [0.15, 0.2) is 24.3 Å². The second-order valence-electron chi connectivity index (χ2n) is 3.98. The van der Waals surface area contributed by atoms with Crippen LogP contribution >= 0.6 is 23.4 Å². The van der Waals surface area contributed by atoms with Crippen molar-refractivity contribution in [2.45, 2.75) is 11.7 Å². The first-order valence-electron chi connectivity index (χ1n) is 5.58. The SMILES string of the molecule is NCCN1C(=O)SC(Cc2ccc(Cl)cc2)C1=O. The predicted octanol–water partition coefficient (Wildman–Crippen LogP) is 1.91. The van der Waals surface area contributed by atoms with Crippen molar-refractivity contribution in [1.29, 1.82) is 0 Å². The molecule has 0 radical (unpaired) electrons. The fourth-order valence-corrected chi connectivity index (χ4v) is 2.98. The number of rotatable bonds is 4. The maximum atomic E-state index is 12.0. The minimum absolute atomic E-state index is 0.148. The molecule has 0 bridgehead atoms. The highest BCUT2D eigenvalue weighted by Gasteiger charge is 2.38. The molecule has 1 atom stereocenters. The number of carbonyl (C=O) groups is 2. The molecular formula is C12H13ClN2O2S. The summed E-state index contributed by atoms with van der Waals surface area (Å²) in [6.07, 6.45) is 0.535. The quantitative estimate of drug-likeness (QED) is 0.917. The van der Waals surface area contributed by atoms with Gasteiger partial charge in [0.2, 0.25) is 5.91 Å². The Kier molecular flexibility index (Phi) is 4.27. The predicted molar refractivity (Wildman–Crippen MR) is 72.7 cm³/mol. The van der Waals surface area contributed by atoms with Gasteiger partial charge in [-0.15, -0.1) is 0 Å². The number of hydrogen-bond donors (Lipinski definition) is 1. The van der Waals surface area contributed by atoms with Crippen LogP contribution in [-0.4, -0.2) is 34.4 Å². The Balaban J connectivity index is 2.05. The summed E-state index contributed by atoms with van der Waals surface area (Å²) >= 11 is 6.87. The number of halogens is 1. The van der Waals surface area contributed by atoms with E-state index in [2.05, 4.69) is 0 Å². The average Bonchev–Trinajstić information content (AvgIpc) is 2.60. The van der Waals surface area contributed by atoms with E-state index in [0.717, 1.165) is 17.3 Å². The van der Waals surface area contributed by atoms with Gasteiger partial charge >= 0.3 is 0 Å². The molecule has 2 N–H and O–H groups in total. The summed E-state index contributed by atoms with van der Waals surface area (Å²) in [4.78, 5) is 24.8. The first-order valence-corrected chi connectivity index (χ1v) is 6.84. The van der Waals surface area contributed by atoms with Gasteiger partial charge < -0.3 is 5.73 Å². The van der Waals surface area contributed by atoms with E-state index in [1.807, 2.05) is 12.1 Å². The molecule has 4 nitrogen and oxygen atoms in total. The van der Waals surface area contributed by atoms with E-state index in [0.29, 0.717) is 24.5 Å². The molecule has 1 fully saturated rings. The standard InChI is InChI=1S/C12H13ClN2O2S/c13-9-3-1-8(2-4-9)7-10-11(16)15(6-5-14)12(17)18-10/h1-4,10H,5-7,14H2. The van der Waals surface area contributed by atoms with E-state index < -0.39 is 0 Å². The van der Waals surface area contributed by atoms with E-state index in [9.17, 15) is 9.59 Å². The normalized spacial score (nSPS) is 19.7. The van der Waals surface area contributed by atoms with E-state index in [1.54, 1.807) is 12.1 Å². The molecule has 0 saturated carbocycles. The molecule has 2 amide bonds. The Bertz CT molecular complexity index is 464. The molecule has 1 unspecified atom stereocenters. The van der Waals surface area contributed by atoms with Crippen LogP contribution < -0.4 is 5.73 Å². The molecule has 1 aromatic carbocycles. The Morgan fingerprint density at radius 2 is 1.94 bits per heavy atom. The van der Waals surface area contributed by atoms with Crippen molar-refractivity contribution in [2.24, 2.45) is 5.73 Å². The van der Waals surface area contributed by atoms with Crippen molar-refractivity contribution in [3.63, 3.8) is 0 Å². The third-order valence-corrected chi connectivity index (χ3v) is 4.02. The topological polar surface area (TPSA) is 63.4 Å². The van der Waals surface area contributed by atoms with Crippen LogP contribution in [0.2, 0.25) is 5.02 Å². The zero-order valence-corrected chi connectivity index (χ0v) is 11.2. The molecule has 0 aromatic heterocycles. The molecule has 1 aliphatic heterocycles. The highest BCUT2D eigenvalue weighted by atomic mass is 35.5. The van der Waals surface area contributed by atoms with Crippen LogP contribution in [0, 0.1) is 0 Å². The maximum Gasteiger partial charge on any atom is 0.289 e. The Morgan fingerprint density at radius 1 is 1.28 bits per heavy atom. The Morgan fingerprint density at radius 3 is 2.56 bits per heavy atom. The van der Waals surface area contributed by atoms with E-state index in [4.69, 9.17) is 17.3 Å². The number of amides is 2. The monoisotopic (exact) mass is 284 g/mol. The molecule has 2 rings (SSSR count). The summed E-state index contributed by atoms with van der Waals surface area (Å²) < 4.78 is 0. The molecule has 96 valence electrons. The van der Waals surface area contributed by atoms with Gasteiger partial charge in [0.1, 0.15) is 0 Å².